The second-order valence-corrected chi connectivity index (χ2v) is 3.55. The van der Waals surface area contributed by atoms with Gasteiger partial charge in [-0.25, -0.2) is 4.98 Å². The van der Waals surface area contributed by atoms with Crippen LogP contribution in [-0.4, -0.2) is 9.97 Å². The molecule has 0 spiro atoms. The van der Waals surface area contributed by atoms with Gasteiger partial charge < -0.3 is 5.73 Å². The second-order valence-electron chi connectivity index (χ2n) is 3.55. The Morgan fingerprint density at radius 2 is 1.79 bits per heavy atom. The smallest absolute Gasteiger partial charge is 0.131 e. The molecular weight excluding hydrogens is 234 g/mol. The molecule has 0 fully saturated rings. The Morgan fingerprint density at radius 1 is 1.00 bits per heavy atom. The van der Waals surface area contributed by atoms with E-state index in [1.54, 1.807) is 30.7 Å². The van der Waals surface area contributed by atoms with E-state index >= 15 is 0 Å². The monoisotopic (exact) mass is 245 g/mol. The number of benzene rings is 1. The molecule has 2 aromatic rings. The molecule has 0 aliphatic carbocycles. The van der Waals surface area contributed by atoms with Gasteiger partial charge in [-0.2, -0.15) is 0 Å². The lowest BCUT2D eigenvalue weighted by Crippen LogP contribution is -1.87. The van der Waals surface area contributed by atoms with Crippen molar-refractivity contribution in [1.29, 1.82) is 0 Å². The quantitative estimate of drug-likeness (QED) is 0.570. The highest BCUT2D eigenvalue weighted by Crippen LogP contribution is 2.07. The van der Waals surface area contributed by atoms with Crippen LogP contribution in [0.2, 0.25) is 0 Å². The van der Waals surface area contributed by atoms with Gasteiger partial charge in [0.05, 0.1) is 6.20 Å². The maximum absolute atomic E-state index is 5.77. The summed E-state index contributed by atoms with van der Waals surface area (Å²) in [6, 6.07) is 7.48. The molecule has 0 radical (unpaired) electrons. The molecule has 3 nitrogen and oxygen atoms in total. The molecule has 2 N–H and O–H groups in total. The van der Waals surface area contributed by atoms with Crippen molar-refractivity contribution in [3.63, 3.8) is 0 Å². The van der Waals surface area contributed by atoms with E-state index in [0.717, 1.165) is 5.56 Å². The van der Waals surface area contributed by atoms with Crippen molar-refractivity contribution < 1.29 is 0 Å². The van der Waals surface area contributed by atoms with Gasteiger partial charge in [0.2, 0.25) is 0 Å². The number of rotatable bonds is 0. The van der Waals surface area contributed by atoms with Gasteiger partial charge in [0, 0.05) is 23.6 Å². The van der Waals surface area contributed by atoms with Crippen molar-refractivity contribution >= 4 is 5.69 Å². The molecule has 19 heavy (non-hydrogen) atoms. The van der Waals surface area contributed by atoms with Crippen molar-refractivity contribution in [2.45, 2.75) is 0 Å². The van der Waals surface area contributed by atoms with Crippen LogP contribution < -0.4 is 5.73 Å². The number of aromatic nitrogens is 2. The summed E-state index contributed by atoms with van der Waals surface area (Å²) < 4.78 is 0. The molecule has 0 atom stereocenters. The average Bonchev–Trinajstić information content (AvgIpc) is 2.45. The third kappa shape index (κ3) is 4.03. The van der Waals surface area contributed by atoms with Crippen molar-refractivity contribution in [2.24, 2.45) is 0 Å². The fraction of sp³-hybridized carbons (Fsp3) is 0. The van der Waals surface area contributed by atoms with E-state index in [0.29, 0.717) is 11.4 Å². The molecule has 2 rings (SSSR count). The summed E-state index contributed by atoms with van der Waals surface area (Å²) >= 11 is 0. The zero-order valence-electron chi connectivity index (χ0n) is 10.2. The molecular formula is C16H11N3. The van der Waals surface area contributed by atoms with Gasteiger partial charge in [-0.15, -0.1) is 0 Å². The molecule has 0 saturated heterocycles. The fourth-order valence-corrected chi connectivity index (χ4v) is 1.29. The lowest BCUT2D eigenvalue weighted by molar-refractivity contribution is 1.17. The van der Waals surface area contributed by atoms with Gasteiger partial charge in [0.1, 0.15) is 5.69 Å². The lowest BCUT2D eigenvalue weighted by atomic mass is 10.2. The number of nitrogens with two attached hydrogens (primary N) is 1. The standard InChI is InChI=1S/C16H11N3/c17-16-10-6-5-8-14(16)7-3-1-2-4-9-15-13-18-11-12-19-15/h1-2,5-6,8,10-13H,17H2/b2-1-. The third-order valence-corrected chi connectivity index (χ3v) is 2.18. The van der Waals surface area contributed by atoms with E-state index in [4.69, 9.17) is 5.73 Å². The van der Waals surface area contributed by atoms with Crippen molar-refractivity contribution in [1.82, 2.24) is 9.97 Å². The summed E-state index contributed by atoms with van der Waals surface area (Å²) in [5.74, 6) is 11.5. The molecule has 0 amide bonds. The van der Waals surface area contributed by atoms with E-state index in [1.165, 1.54) is 0 Å². The van der Waals surface area contributed by atoms with Crippen molar-refractivity contribution in [2.75, 3.05) is 5.73 Å². The highest BCUT2D eigenvalue weighted by molar-refractivity contribution is 5.56. The minimum atomic E-state index is 0.632. The lowest BCUT2D eigenvalue weighted by Gasteiger charge is -1.93. The Hall–Kier alpha value is -3.04. The summed E-state index contributed by atoms with van der Waals surface area (Å²) in [6.45, 7) is 0. The van der Waals surface area contributed by atoms with Gasteiger partial charge in [-0.3, -0.25) is 4.98 Å². The van der Waals surface area contributed by atoms with Crippen molar-refractivity contribution in [3.8, 4) is 23.7 Å². The Morgan fingerprint density at radius 3 is 2.53 bits per heavy atom. The molecule has 1 aromatic heterocycles. The highest BCUT2D eigenvalue weighted by atomic mass is 14.7. The van der Waals surface area contributed by atoms with Gasteiger partial charge in [0.15, 0.2) is 0 Å². The topological polar surface area (TPSA) is 51.8 Å². The third-order valence-electron chi connectivity index (χ3n) is 2.18. The Bertz CT molecular complexity index is 695. The van der Waals surface area contributed by atoms with Crippen LogP contribution in [-0.2, 0) is 0 Å². The van der Waals surface area contributed by atoms with Crippen molar-refractivity contribution in [3.05, 3.63) is 66.3 Å². The molecule has 0 unspecified atom stereocenters. The number of nitrogens with zero attached hydrogens (tertiary/aromatic N) is 2. The molecule has 0 saturated carbocycles. The molecule has 0 aliphatic rings. The Kier molecular flexibility index (Phi) is 4.34. The summed E-state index contributed by atoms with van der Waals surface area (Å²) in [7, 11) is 0. The minimum absolute atomic E-state index is 0.632. The van der Waals surface area contributed by atoms with Crippen LogP contribution in [0.25, 0.3) is 0 Å². The summed E-state index contributed by atoms with van der Waals surface area (Å²) in [4.78, 5) is 7.95. The first-order valence-corrected chi connectivity index (χ1v) is 5.65. The van der Waals surface area contributed by atoms with E-state index in [-0.39, 0.29) is 0 Å². The zero-order valence-corrected chi connectivity index (χ0v) is 10.2. The molecule has 1 heterocycles. The summed E-state index contributed by atoms with van der Waals surface area (Å²) in [5, 5.41) is 0. The summed E-state index contributed by atoms with van der Waals surface area (Å²) in [5.41, 5.74) is 7.89. The number of para-hydroxylation sites is 1. The molecule has 90 valence electrons. The maximum atomic E-state index is 5.77. The second kappa shape index (κ2) is 6.64. The number of hydrogen-bond donors (Lipinski definition) is 1. The van der Waals surface area contributed by atoms with Gasteiger partial charge >= 0.3 is 0 Å². The normalized spacial score (nSPS) is 9.26. The number of nitrogen functional groups attached to an aromatic ring is 1. The van der Waals surface area contributed by atoms with Crippen LogP contribution in [0.15, 0.2) is 55.0 Å². The van der Waals surface area contributed by atoms with Crippen LogP contribution in [0.5, 0.6) is 0 Å². The molecule has 1 aromatic carbocycles. The molecule has 3 heteroatoms. The van der Waals surface area contributed by atoms with Crippen LogP contribution in [0.3, 0.4) is 0 Å². The zero-order chi connectivity index (χ0) is 13.3. The van der Waals surface area contributed by atoms with E-state index in [1.807, 2.05) is 24.3 Å². The van der Waals surface area contributed by atoms with Crippen LogP contribution >= 0.6 is 0 Å². The number of anilines is 1. The highest BCUT2D eigenvalue weighted by Gasteiger charge is 1.89. The predicted octanol–water partition coefficient (Wildman–Crippen LogP) is 2.02. The van der Waals surface area contributed by atoms with Gasteiger partial charge in [0.25, 0.3) is 0 Å². The van der Waals surface area contributed by atoms with Gasteiger partial charge in [-0.05, 0) is 30.2 Å². The average molecular weight is 245 g/mol. The van der Waals surface area contributed by atoms with Gasteiger partial charge in [-0.1, -0.05) is 29.9 Å². The van der Waals surface area contributed by atoms with Crippen LogP contribution in [0, 0.1) is 23.7 Å². The summed E-state index contributed by atoms with van der Waals surface area (Å²) in [6.07, 6.45) is 8.16. The Labute approximate surface area is 112 Å². The Balaban J connectivity index is 1.99. The maximum Gasteiger partial charge on any atom is 0.131 e. The predicted molar refractivity (Wildman–Crippen MR) is 75.8 cm³/mol. The minimum Gasteiger partial charge on any atom is -0.398 e. The first-order chi connectivity index (χ1) is 9.36. The SMILES string of the molecule is Nc1ccccc1C#C/C=C\C#Cc1cnccn1. The van der Waals surface area contributed by atoms with E-state index in [9.17, 15) is 0 Å². The first-order valence-electron chi connectivity index (χ1n) is 5.65. The van der Waals surface area contributed by atoms with E-state index < -0.39 is 0 Å². The molecule has 0 bridgehead atoms. The van der Waals surface area contributed by atoms with E-state index in [2.05, 4.69) is 33.6 Å². The van der Waals surface area contributed by atoms with Crippen LogP contribution in [0.1, 0.15) is 11.3 Å². The number of hydrogen-bond acceptors (Lipinski definition) is 3. The number of allylic oxidation sites excluding steroid dienone is 2. The first kappa shape index (κ1) is 12.4. The largest absolute Gasteiger partial charge is 0.398 e. The molecule has 0 aliphatic heterocycles. The van der Waals surface area contributed by atoms with Crippen LogP contribution in [0.4, 0.5) is 5.69 Å². The fourth-order valence-electron chi connectivity index (χ4n) is 1.29.